The number of H-pyrrole nitrogens is 1. The monoisotopic (exact) mass is 417 g/mol. The number of furan rings is 1. The minimum absolute atomic E-state index is 0.0206. The van der Waals surface area contributed by atoms with Crippen molar-refractivity contribution in [2.24, 2.45) is 0 Å². The van der Waals surface area contributed by atoms with Crippen molar-refractivity contribution in [1.82, 2.24) is 25.2 Å². The lowest BCUT2D eigenvalue weighted by molar-refractivity contribution is 0.0616. The maximum atomic E-state index is 13.2. The molecule has 2 N–H and O–H groups in total. The number of carbonyl (C=O) groups is 1. The smallest absolute Gasteiger partial charge is 0.289 e. The van der Waals surface area contributed by atoms with Gasteiger partial charge in [-0.25, -0.2) is 4.98 Å². The van der Waals surface area contributed by atoms with Gasteiger partial charge in [0.1, 0.15) is 11.3 Å². The van der Waals surface area contributed by atoms with Crippen LogP contribution in [0.3, 0.4) is 0 Å². The fraction of sp³-hybridized carbons (Fsp3) is 0.375. The van der Waals surface area contributed by atoms with E-state index in [-0.39, 0.29) is 11.9 Å². The summed E-state index contributed by atoms with van der Waals surface area (Å²) < 4.78 is 5.88. The van der Waals surface area contributed by atoms with Gasteiger partial charge in [0, 0.05) is 30.9 Å². The van der Waals surface area contributed by atoms with E-state index in [0.717, 1.165) is 53.6 Å². The highest BCUT2D eigenvalue weighted by Gasteiger charge is 2.30. The summed E-state index contributed by atoms with van der Waals surface area (Å²) in [6.07, 6.45) is 5.92. The van der Waals surface area contributed by atoms with Crippen molar-refractivity contribution in [2.45, 2.75) is 51.2 Å². The molecule has 7 nitrogen and oxygen atoms in total. The van der Waals surface area contributed by atoms with Crippen LogP contribution in [0.15, 0.2) is 53.1 Å². The predicted octanol–water partition coefficient (Wildman–Crippen LogP) is 4.27. The molecule has 3 heterocycles. The number of carbonyl (C=O) groups excluding carboxylic acids is 1. The van der Waals surface area contributed by atoms with Crippen LogP contribution in [-0.4, -0.2) is 44.4 Å². The van der Waals surface area contributed by atoms with E-state index in [1.165, 1.54) is 0 Å². The number of hydrogen-bond donors (Lipinski definition) is 2. The van der Waals surface area contributed by atoms with Crippen LogP contribution in [0.1, 0.15) is 49.0 Å². The first-order valence-corrected chi connectivity index (χ1v) is 11.0. The van der Waals surface area contributed by atoms with E-state index in [1.54, 1.807) is 6.20 Å². The Kier molecular flexibility index (Phi) is 5.42. The maximum absolute atomic E-state index is 13.2. The van der Waals surface area contributed by atoms with Gasteiger partial charge in [0.2, 0.25) is 0 Å². The Morgan fingerprint density at radius 1 is 1.23 bits per heavy atom. The van der Waals surface area contributed by atoms with Crippen LogP contribution in [0.25, 0.3) is 22.1 Å². The highest BCUT2D eigenvalue weighted by Crippen LogP contribution is 2.25. The molecule has 31 heavy (non-hydrogen) atoms. The average molecular weight is 418 g/mol. The Labute approximate surface area is 180 Å². The second-order valence-electron chi connectivity index (χ2n) is 8.19. The van der Waals surface area contributed by atoms with Crippen LogP contribution in [-0.2, 0) is 6.54 Å². The first-order chi connectivity index (χ1) is 15.2. The summed E-state index contributed by atoms with van der Waals surface area (Å²) in [6.45, 7) is 3.37. The van der Waals surface area contributed by atoms with Crippen molar-refractivity contribution < 1.29 is 9.21 Å². The lowest BCUT2D eigenvalue weighted by atomic mass is 9.89. The number of para-hydroxylation sites is 2. The van der Waals surface area contributed by atoms with Gasteiger partial charge in [-0.1, -0.05) is 12.1 Å². The highest BCUT2D eigenvalue weighted by atomic mass is 16.3. The zero-order valence-corrected chi connectivity index (χ0v) is 17.7. The second kappa shape index (κ2) is 8.51. The molecule has 0 spiro atoms. The number of rotatable bonds is 6. The summed E-state index contributed by atoms with van der Waals surface area (Å²) in [4.78, 5) is 27.2. The van der Waals surface area contributed by atoms with Crippen molar-refractivity contribution in [2.75, 3.05) is 6.54 Å². The molecule has 160 valence electrons. The number of pyridine rings is 1. The van der Waals surface area contributed by atoms with E-state index in [1.807, 2.05) is 54.3 Å². The molecule has 1 aliphatic carbocycles. The molecule has 1 aromatic carbocycles. The third-order valence-electron chi connectivity index (χ3n) is 6.18. The van der Waals surface area contributed by atoms with Crippen LogP contribution < -0.4 is 5.32 Å². The SMILES string of the molecule is CCN(C(=O)c1nc2ccccc2[nH]1)C1CCCC(NCc2cc3ncccc3o2)C1. The number of aromatic nitrogens is 3. The molecule has 0 saturated heterocycles. The van der Waals surface area contributed by atoms with E-state index >= 15 is 0 Å². The zero-order valence-electron chi connectivity index (χ0n) is 17.7. The lowest BCUT2D eigenvalue weighted by Gasteiger charge is -2.37. The van der Waals surface area contributed by atoms with Crippen molar-refractivity contribution in [3.05, 3.63) is 60.2 Å². The van der Waals surface area contributed by atoms with Gasteiger partial charge in [-0.05, 0) is 56.9 Å². The quantitative estimate of drug-likeness (QED) is 0.489. The standard InChI is InChI=1S/C24H27N5O2/c1-2-29(24(30)23-27-19-9-3-4-10-20(19)28-23)17-8-5-7-16(13-17)26-15-18-14-21-22(31-18)11-6-12-25-21/h3-4,6,9-12,14,16-17,26H,2,5,7-8,13,15H2,1H3,(H,27,28). The topological polar surface area (TPSA) is 87.0 Å². The molecule has 7 heteroatoms. The van der Waals surface area contributed by atoms with Crippen LogP contribution in [0.5, 0.6) is 0 Å². The van der Waals surface area contributed by atoms with Gasteiger partial charge in [-0.2, -0.15) is 0 Å². The van der Waals surface area contributed by atoms with Crippen molar-refractivity contribution in [3.63, 3.8) is 0 Å². The molecular weight excluding hydrogens is 390 g/mol. The molecular formula is C24H27N5O2. The minimum atomic E-state index is -0.0206. The van der Waals surface area contributed by atoms with Crippen LogP contribution in [0, 0.1) is 0 Å². The average Bonchev–Trinajstić information content (AvgIpc) is 3.42. The highest BCUT2D eigenvalue weighted by molar-refractivity contribution is 5.94. The van der Waals surface area contributed by atoms with Crippen molar-refractivity contribution >= 4 is 28.0 Å². The summed E-state index contributed by atoms with van der Waals surface area (Å²) in [5.41, 5.74) is 3.42. The van der Waals surface area contributed by atoms with Crippen LogP contribution >= 0.6 is 0 Å². The molecule has 1 aliphatic rings. The number of hydrogen-bond acceptors (Lipinski definition) is 5. The number of nitrogens with zero attached hydrogens (tertiary/aromatic N) is 3. The second-order valence-corrected chi connectivity index (χ2v) is 8.19. The number of fused-ring (bicyclic) bond motifs is 2. The fourth-order valence-electron chi connectivity index (χ4n) is 4.64. The lowest BCUT2D eigenvalue weighted by Crippen LogP contribution is -2.47. The molecule has 2 unspecified atom stereocenters. The Morgan fingerprint density at radius 3 is 2.97 bits per heavy atom. The molecule has 0 aliphatic heterocycles. The summed E-state index contributed by atoms with van der Waals surface area (Å²) in [7, 11) is 0. The predicted molar refractivity (Wildman–Crippen MR) is 120 cm³/mol. The van der Waals surface area contributed by atoms with Gasteiger partial charge in [-0.15, -0.1) is 0 Å². The summed E-state index contributed by atoms with van der Waals surface area (Å²) in [6, 6.07) is 14.1. The molecule has 2 atom stereocenters. The van der Waals surface area contributed by atoms with Crippen LogP contribution in [0.2, 0.25) is 0 Å². The Balaban J connectivity index is 1.25. The van der Waals surface area contributed by atoms with E-state index in [4.69, 9.17) is 4.42 Å². The van der Waals surface area contributed by atoms with E-state index < -0.39 is 0 Å². The van der Waals surface area contributed by atoms with E-state index in [9.17, 15) is 4.79 Å². The largest absolute Gasteiger partial charge is 0.458 e. The maximum Gasteiger partial charge on any atom is 0.289 e. The van der Waals surface area contributed by atoms with Gasteiger partial charge in [-0.3, -0.25) is 9.78 Å². The third-order valence-corrected chi connectivity index (χ3v) is 6.18. The molecule has 0 bridgehead atoms. The number of benzene rings is 1. The number of aromatic amines is 1. The van der Waals surface area contributed by atoms with Crippen LogP contribution in [0.4, 0.5) is 0 Å². The fourth-order valence-corrected chi connectivity index (χ4v) is 4.64. The number of imidazole rings is 1. The normalized spacial score (nSPS) is 19.1. The zero-order chi connectivity index (χ0) is 21.2. The molecule has 1 amide bonds. The molecule has 0 radical (unpaired) electrons. The number of nitrogens with one attached hydrogen (secondary N) is 2. The Morgan fingerprint density at radius 2 is 2.13 bits per heavy atom. The molecule has 1 saturated carbocycles. The third kappa shape index (κ3) is 4.05. The van der Waals surface area contributed by atoms with Crippen molar-refractivity contribution in [3.8, 4) is 0 Å². The van der Waals surface area contributed by atoms with Gasteiger partial charge < -0.3 is 19.6 Å². The van der Waals surface area contributed by atoms with E-state index in [2.05, 4.69) is 20.3 Å². The van der Waals surface area contributed by atoms with Gasteiger partial charge in [0.25, 0.3) is 5.91 Å². The van der Waals surface area contributed by atoms with Gasteiger partial charge in [0.05, 0.1) is 17.6 Å². The Hall–Kier alpha value is -3.19. The minimum Gasteiger partial charge on any atom is -0.458 e. The van der Waals surface area contributed by atoms with Crippen molar-refractivity contribution in [1.29, 1.82) is 0 Å². The summed E-state index contributed by atoms with van der Waals surface area (Å²) in [5.74, 6) is 1.29. The van der Waals surface area contributed by atoms with E-state index in [0.29, 0.717) is 25.0 Å². The molecule has 3 aromatic heterocycles. The van der Waals surface area contributed by atoms with Gasteiger partial charge >= 0.3 is 0 Å². The van der Waals surface area contributed by atoms with Gasteiger partial charge in [0.15, 0.2) is 11.4 Å². The molecule has 5 rings (SSSR count). The number of amides is 1. The summed E-state index contributed by atoms with van der Waals surface area (Å²) >= 11 is 0. The first kappa shape index (κ1) is 19.8. The first-order valence-electron chi connectivity index (χ1n) is 11.0. The molecule has 4 aromatic rings. The molecule has 1 fully saturated rings. The Bertz CT molecular complexity index is 1130. The summed E-state index contributed by atoms with van der Waals surface area (Å²) in [5, 5.41) is 3.63.